The largest absolute Gasteiger partial charge is 0.495 e. The number of sulfonamides is 1. The van der Waals surface area contributed by atoms with Crippen LogP contribution in [-0.4, -0.2) is 45.5 Å². The molecule has 29 heavy (non-hydrogen) atoms. The Labute approximate surface area is 170 Å². The predicted molar refractivity (Wildman–Crippen MR) is 108 cm³/mol. The van der Waals surface area contributed by atoms with Gasteiger partial charge in [-0.2, -0.15) is 0 Å². The predicted octanol–water partition coefficient (Wildman–Crippen LogP) is 2.47. The fourth-order valence-corrected chi connectivity index (χ4v) is 3.99. The number of ether oxygens (including phenoxy) is 2. The van der Waals surface area contributed by atoms with E-state index in [0.717, 1.165) is 30.4 Å². The Morgan fingerprint density at radius 2 is 1.86 bits per heavy atom. The molecule has 1 N–H and O–H groups in total. The molecule has 1 aromatic heterocycles. The minimum absolute atomic E-state index is 0.00359. The van der Waals surface area contributed by atoms with Crippen LogP contribution in [0.25, 0.3) is 0 Å². The number of benzene rings is 1. The maximum atomic E-state index is 12.5. The Morgan fingerprint density at radius 3 is 2.45 bits per heavy atom. The van der Waals surface area contributed by atoms with Gasteiger partial charge in [-0.25, -0.2) is 17.9 Å². The van der Waals surface area contributed by atoms with Crippen LogP contribution in [0.15, 0.2) is 29.2 Å². The van der Waals surface area contributed by atoms with Crippen LogP contribution in [0.4, 0.5) is 0 Å². The van der Waals surface area contributed by atoms with Gasteiger partial charge in [0.05, 0.1) is 12.7 Å². The van der Waals surface area contributed by atoms with E-state index in [1.807, 2.05) is 18.4 Å². The molecule has 0 atom stereocenters. The maximum Gasteiger partial charge on any atom is 0.338 e. The molecule has 0 unspecified atom stereocenters. The summed E-state index contributed by atoms with van der Waals surface area (Å²) in [6.45, 7) is 6.21. The number of esters is 1. The molecule has 0 amide bonds. The molecular formula is C20H26N2O6S. The normalized spacial score (nSPS) is 11.3. The Bertz CT molecular complexity index is 1020. The third-order valence-electron chi connectivity index (χ3n) is 4.61. The van der Waals surface area contributed by atoms with Crippen molar-refractivity contribution in [3.05, 3.63) is 46.8 Å². The standard InChI is InChI=1S/C20H26N2O6S/c1-6-9-22-13(2)10-16(14(22)3)17(23)12-28-20(24)15-7-8-18(27-5)19(11-15)29(25,26)21-4/h7-8,10-11,21H,6,9,12H2,1-5H3. The minimum atomic E-state index is -3.84. The first-order chi connectivity index (χ1) is 13.7. The molecule has 0 aliphatic rings. The second-order valence-electron chi connectivity index (χ2n) is 6.51. The summed E-state index contributed by atoms with van der Waals surface area (Å²) in [6, 6.07) is 5.69. The molecule has 0 saturated carbocycles. The highest BCUT2D eigenvalue weighted by molar-refractivity contribution is 7.89. The van der Waals surface area contributed by atoms with E-state index >= 15 is 0 Å². The fraction of sp³-hybridized carbons (Fsp3) is 0.400. The summed E-state index contributed by atoms with van der Waals surface area (Å²) < 4.78 is 38.7. The van der Waals surface area contributed by atoms with Gasteiger partial charge in [0, 0.05) is 23.5 Å². The first-order valence-electron chi connectivity index (χ1n) is 9.14. The molecule has 158 valence electrons. The van der Waals surface area contributed by atoms with Crippen LogP contribution in [0, 0.1) is 13.8 Å². The number of carbonyl (C=O) groups excluding carboxylic acids is 2. The topological polar surface area (TPSA) is 104 Å². The molecule has 0 bridgehead atoms. The lowest BCUT2D eigenvalue weighted by atomic mass is 10.1. The number of Topliss-reactive ketones (excluding diaryl/α,β-unsaturated/α-hetero) is 1. The third-order valence-corrected chi connectivity index (χ3v) is 6.05. The number of hydrogen-bond donors (Lipinski definition) is 1. The molecule has 9 heteroatoms. The van der Waals surface area contributed by atoms with Crippen molar-refractivity contribution in [3.8, 4) is 5.75 Å². The Morgan fingerprint density at radius 1 is 1.17 bits per heavy atom. The number of aromatic nitrogens is 1. The van der Waals surface area contributed by atoms with Gasteiger partial charge in [0.1, 0.15) is 10.6 Å². The lowest BCUT2D eigenvalue weighted by Crippen LogP contribution is -2.20. The van der Waals surface area contributed by atoms with E-state index in [4.69, 9.17) is 9.47 Å². The van der Waals surface area contributed by atoms with E-state index in [-0.39, 0.29) is 22.0 Å². The van der Waals surface area contributed by atoms with Gasteiger partial charge >= 0.3 is 5.97 Å². The van der Waals surface area contributed by atoms with Crippen molar-refractivity contribution in [1.82, 2.24) is 9.29 Å². The molecule has 1 aromatic carbocycles. The van der Waals surface area contributed by atoms with Crippen molar-refractivity contribution in [2.45, 2.75) is 38.6 Å². The Kier molecular flexibility index (Phi) is 7.21. The number of aryl methyl sites for hydroxylation is 1. The molecule has 0 fully saturated rings. The number of rotatable bonds is 9. The molecule has 2 rings (SSSR count). The lowest BCUT2D eigenvalue weighted by Gasteiger charge is -2.11. The molecule has 0 aliphatic heterocycles. The molecular weight excluding hydrogens is 396 g/mol. The van der Waals surface area contributed by atoms with Gasteiger partial charge in [-0.3, -0.25) is 4.79 Å². The summed E-state index contributed by atoms with van der Waals surface area (Å²) in [5, 5.41) is 0. The highest BCUT2D eigenvalue weighted by Gasteiger charge is 2.22. The van der Waals surface area contributed by atoms with Gasteiger partial charge in [0.15, 0.2) is 6.61 Å². The molecule has 1 heterocycles. The number of nitrogens with one attached hydrogen (secondary N) is 1. The Balaban J connectivity index is 2.18. The molecule has 0 aliphatic carbocycles. The zero-order chi connectivity index (χ0) is 21.8. The van der Waals surface area contributed by atoms with Crippen LogP contribution >= 0.6 is 0 Å². The van der Waals surface area contributed by atoms with E-state index in [9.17, 15) is 18.0 Å². The number of nitrogens with zero attached hydrogens (tertiary/aromatic N) is 1. The van der Waals surface area contributed by atoms with Crippen molar-refractivity contribution in [2.75, 3.05) is 20.8 Å². The van der Waals surface area contributed by atoms with Gasteiger partial charge < -0.3 is 14.0 Å². The zero-order valence-electron chi connectivity index (χ0n) is 17.2. The summed E-state index contributed by atoms with van der Waals surface area (Å²) in [5.74, 6) is -1.02. The third kappa shape index (κ3) is 4.86. The van der Waals surface area contributed by atoms with E-state index in [1.165, 1.54) is 26.3 Å². The lowest BCUT2D eigenvalue weighted by molar-refractivity contribution is 0.0474. The van der Waals surface area contributed by atoms with Crippen LogP contribution in [0.1, 0.15) is 45.4 Å². The van der Waals surface area contributed by atoms with Gasteiger partial charge in [-0.1, -0.05) is 6.92 Å². The molecule has 0 radical (unpaired) electrons. The van der Waals surface area contributed by atoms with Crippen molar-refractivity contribution < 1.29 is 27.5 Å². The first-order valence-corrected chi connectivity index (χ1v) is 10.6. The van der Waals surface area contributed by atoms with Gasteiger partial charge in [-0.05, 0) is 51.6 Å². The van der Waals surface area contributed by atoms with E-state index in [0.29, 0.717) is 5.56 Å². The summed E-state index contributed by atoms with van der Waals surface area (Å²) in [5.41, 5.74) is 2.31. The van der Waals surface area contributed by atoms with Crippen molar-refractivity contribution in [3.63, 3.8) is 0 Å². The first kappa shape index (κ1) is 22.6. The van der Waals surface area contributed by atoms with Crippen molar-refractivity contribution in [2.24, 2.45) is 0 Å². The average Bonchev–Trinajstić information content (AvgIpc) is 2.99. The highest BCUT2D eigenvalue weighted by Crippen LogP contribution is 2.25. The van der Waals surface area contributed by atoms with E-state index in [1.54, 1.807) is 6.07 Å². The van der Waals surface area contributed by atoms with Crippen LogP contribution in [-0.2, 0) is 21.3 Å². The van der Waals surface area contributed by atoms with Crippen molar-refractivity contribution in [1.29, 1.82) is 0 Å². The fourth-order valence-electron chi connectivity index (χ4n) is 3.07. The maximum absolute atomic E-state index is 12.5. The van der Waals surface area contributed by atoms with Crippen LogP contribution < -0.4 is 9.46 Å². The summed E-state index contributed by atoms with van der Waals surface area (Å²) >= 11 is 0. The number of ketones is 1. The second kappa shape index (κ2) is 9.23. The molecule has 2 aromatic rings. The second-order valence-corrected chi connectivity index (χ2v) is 8.36. The smallest absolute Gasteiger partial charge is 0.338 e. The van der Waals surface area contributed by atoms with E-state index < -0.39 is 22.6 Å². The van der Waals surface area contributed by atoms with E-state index in [2.05, 4.69) is 11.6 Å². The van der Waals surface area contributed by atoms with Crippen molar-refractivity contribution >= 4 is 21.8 Å². The summed E-state index contributed by atoms with van der Waals surface area (Å²) in [7, 11) is -1.25. The van der Waals surface area contributed by atoms with Crippen LogP contribution in [0.5, 0.6) is 5.75 Å². The number of methoxy groups -OCH3 is 1. The molecule has 0 saturated heterocycles. The minimum Gasteiger partial charge on any atom is -0.495 e. The van der Waals surface area contributed by atoms with Crippen LogP contribution in [0.3, 0.4) is 0 Å². The van der Waals surface area contributed by atoms with Gasteiger partial charge in [0.25, 0.3) is 0 Å². The quantitative estimate of drug-likeness (QED) is 0.492. The average molecular weight is 423 g/mol. The number of hydrogen-bond acceptors (Lipinski definition) is 6. The molecule has 0 spiro atoms. The monoisotopic (exact) mass is 422 g/mol. The summed E-state index contributed by atoms with van der Waals surface area (Å²) in [6.07, 6.45) is 0.939. The van der Waals surface area contributed by atoms with Gasteiger partial charge in [0.2, 0.25) is 15.8 Å². The highest BCUT2D eigenvalue weighted by atomic mass is 32.2. The van der Waals surface area contributed by atoms with Crippen LogP contribution in [0.2, 0.25) is 0 Å². The molecule has 8 nitrogen and oxygen atoms in total. The number of carbonyl (C=O) groups is 2. The Hall–Kier alpha value is -2.65. The van der Waals surface area contributed by atoms with Gasteiger partial charge in [-0.15, -0.1) is 0 Å². The summed E-state index contributed by atoms with van der Waals surface area (Å²) in [4.78, 5) is 24.7. The SMILES string of the molecule is CCCn1c(C)cc(C(=O)COC(=O)c2ccc(OC)c(S(=O)(=O)NC)c2)c1C. The zero-order valence-corrected chi connectivity index (χ0v) is 18.1.